The molecule has 0 aromatic carbocycles. The summed E-state index contributed by atoms with van der Waals surface area (Å²) in [5.41, 5.74) is 4.76. The Morgan fingerprint density at radius 3 is 2.67 bits per heavy atom. The van der Waals surface area contributed by atoms with Crippen LogP contribution >= 0.6 is 0 Å². The van der Waals surface area contributed by atoms with Crippen LogP contribution in [0.25, 0.3) is 0 Å². The Kier molecular flexibility index (Phi) is 4.95. The first kappa shape index (κ1) is 14.8. The van der Waals surface area contributed by atoms with E-state index in [4.69, 9.17) is 10.5 Å². The van der Waals surface area contributed by atoms with Crippen LogP contribution in [0.5, 0.6) is 0 Å². The van der Waals surface area contributed by atoms with Crippen molar-refractivity contribution in [3.63, 3.8) is 0 Å². The highest BCUT2D eigenvalue weighted by Crippen LogP contribution is 2.17. The fourth-order valence-electron chi connectivity index (χ4n) is 2.14. The molecule has 3 amide bonds. The number of nitrogens with one attached hydrogen (secondary N) is 1. The number of nitrogens with zero attached hydrogens (tertiary/aromatic N) is 1. The minimum atomic E-state index is -0.658. The summed E-state index contributed by atoms with van der Waals surface area (Å²) in [5, 5.41) is 2.51. The number of morpholine rings is 1. The van der Waals surface area contributed by atoms with Gasteiger partial charge in [-0.05, 0) is 20.3 Å². The molecule has 6 nitrogen and oxygen atoms in total. The van der Waals surface area contributed by atoms with Crippen LogP contribution in [-0.2, 0) is 9.53 Å². The van der Waals surface area contributed by atoms with Crippen LogP contribution in [0.2, 0.25) is 0 Å². The van der Waals surface area contributed by atoms with Gasteiger partial charge in [0.05, 0.1) is 12.2 Å². The van der Waals surface area contributed by atoms with Crippen molar-refractivity contribution in [3.05, 3.63) is 0 Å². The van der Waals surface area contributed by atoms with Crippen molar-refractivity contribution in [2.75, 3.05) is 19.7 Å². The van der Waals surface area contributed by atoms with Crippen molar-refractivity contribution >= 4 is 11.9 Å². The van der Waals surface area contributed by atoms with E-state index in [-0.39, 0.29) is 11.5 Å². The lowest BCUT2D eigenvalue weighted by Gasteiger charge is -2.39. The molecular formula is C12H23N3O3. The highest BCUT2D eigenvalue weighted by atomic mass is 16.5. The lowest BCUT2D eigenvalue weighted by molar-refractivity contribution is -0.148. The predicted molar refractivity (Wildman–Crippen MR) is 68.0 cm³/mol. The maximum atomic E-state index is 12.3. The van der Waals surface area contributed by atoms with Crippen LogP contribution in [0.1, 0.15) is 33.6 Å². The Morgan fingerprint density at radius 1 is 1.50 bits per heavy atom. The Balaban J connectivity index is 2.66. The summed E-state index contributed by atoms with van der Waals surface area (Å²) in [6, 6.07) is -1.18. The smallest absolute Gasteiger partial charge is 0.312 e. The van der Waals surface area contributed by atoms with Crippen LogP contribution in [0.15, 0.2) is 0 Å². The van der Waals surface area contributed by atoms with Crippen molar-refractivity contribution in [2.24, 2.45) is 5.73 Å². The molecule has 6 heteroatoms. The predicted octanol–water partition coefficient (Wildman–Crippen LogP) is 0.461. The quantitative estimate of drug-likeness (QED) is 0.767. The van der Waals surface area contributed by atoms with Gasteiger partial charge in [-0.3, -0.25) is 4.79 Å². The Bertz CT molecular complexity index is 318. The van der Waals surface area contributed by atoms with Gasteiger partial charge < -0.3 is 20.7 Å². The minimum absolute atomic E-state index is 0.0768. The van der Waals surface area contributed by atoms with Crippen LogP contribution in [0, 0.1) is 0 Å². The summed E-state index contributed by atoms with van der Waals surface area (Å²) in [5.74, 6) is -0.0768. The zero-order valence-corrected chi connectivity index (χ0v) is 11.4. The monoisotopic (exact) mass is 257 g/mol. The molecule has 18 heavy (non-hydrogen) atoms. The summed E-state index contributed by atoms with van der Waals surface area (Å²) in [7, 11) is 0. The number of nitrogens with two attached hydrogens (primary N) is 1. The van der Waals surface area contributed by atoms with Gasteiger partial charge in [-0.25, -0.2) is 4.79 Å². The van der Waals surface area contributed by atoms with Crippen LogP contribution in [-0.4, -0.2) is 48.2 Å². The molecule has 0 aromatic rings. The summed E-state index contributed by atoms with van der Waals surface area (Å²) >= 11 is 0. The third-order valence-corrected chi connectivity index (χ3v) is 2.93. The molecule has 3 N–H and O–H groups in total. The summed E-state index contributed by atoms with van der Waals surface area (Å²) in [6.45, 7) is 7.47. The van der Waals surface area contributed by atoms with Crippen LogP contribution < -0.4 is 11.1 Å². The SMILES string of the molecule is CCC[C@@H](NC(N)=O)C(=O)N1CCOC(C)(C)C1. The zero-order valence-electron chi connectivity index (χ0n) is 11.4. The van der Waals surface area contributed by atoms with Gasteiger partial charge >= 0.3 is 6.03 Å². The van der Waals surface area contributed by atoms with Crippen LogP contribution in [0.3, 0.4) is 0 Å². The number of hydrogen-bond donors (Lipinski definition) is 2. The molecule has 1 aliphatic heterocycles. The number of carbonyl (C=O) groups is 2. The average Bonchev–Trinajstić information content (AvgIpc) is 2.25. The molecule has 0 saturated carbocycles. The van der Waals surface area contributed by atoms with Gasteiger partial charge in [0.1, 0.15) is 6.04 Å². The molecular weight excluding hydrogens is 234 g/mol. The molecule has 1 fully saturated rings. The molecule has 1 saturated heterocycles. The van der Waals surface area contributed by atoms with Gasteiger partial charge in [-0.15, -0.1) is 0 Å². The van der Waals surface area contributed by atoms with Gasteiger partial charge in [0.2, 0.25) is 5.91 Å². The number of urea groups is 1. The first-order chi connectivity index (χ1) is 8.35. The second-order valence-corrected chi connectivity index (χ2v) is 5.22. The molecule has 1 atom stereocenters. The fraction of sp³-hybridized carbons (Fsp3) is 0.833. The average molecular weight is 257 g/mol. The van der Waals surface area contributed by atoms with Gasteiger partial charge in [0, 0.05) is 13.1 Å². The second-order valence-electron chi connectivity index (χ2n) is 5.22. The van der Waals surface area contributed by atoms with E-state index in [9.17, 15) is 9.59 Å². The molecule has 1 heterocycles. The van der Waals surface area contributed by atoms with E-state index >= 15 is 0 Å². The van der Waals surface area contributed by atoms with Crippen molar-refractivity contribution in [1.82, 2.24) is 10.2 Å². The summed E-state index contributed by atoms with van der Waals surface area (Å²) < 4.78 is 5.56. The van der Waals surface area contributed by atoms with Gasteiger partial charge in [0.25, 0.3) is 0 Å². The summed E-state index contributed by atoms with van der Waals surface area (Å²) in [6.07, 6.45) is 1.41. The van der Waals surface area contributed by atoms with E-state index < -0.39 is 12.1 Å². The van der Waals surface area contributed by atoms with Gasteiger partial charge in [-0.2, -0.15) is 0 Å². The topological polar surface area (TPSA) is 84.7 Å². The van der Waals surface area contributed by atoms with Gasteiger partial charge in [-0.1, -0.05) is 13.3 Å². The molecule has 104 valence electrons. The van der Waals surface area contributed by atoms with E-state index in [1.807, 2.05) is 20.8 Å². The third kappa shape index (κ3) is 4.18. The highest BCUT2D eigenvalue weighted by molar-refractivity contribution is 5.86. The molecule has 0 unspecified atom stereocenters. The van der Waals surface area contributed by atoms with Gasteiger partial charge in [0.15, 0.2) is 0 Å². The second kappa shape index (κ2) is 6.04. The zero-order chi connectivity index (χ0) is 13.8. The first-order valence-electron chi connectivity index (χ1n) is 6.34. The van der Waals surface area contributed by atoms with Crippen molar-refractivity contribution < 1.29 is 14.3 Å². The van der Waals surface area contributed by atoms with Crippen molar-refractivity contribution in [3.8, 4) is 0 Å². The molecule has 1 rings (SSSR count). The molecule has 0 aliphatic carbocycles. The molecule has 0 radical (unpaired) electrons. The molecule has 0 bridgehead atoms. The van der Waals surface area contributed by atoms with E-state index in [2.05, 4.69) is 5.32 Å². The van der Waals surface area contributed by atoms with E-state index in [1.54, 1.807) is 4.90 Å². The summed E-state index contributed by atoms with van der Waals surface area (Å²) in [4.78, 5) is 25.0. The lowest BCUT2D eigenvalue weighted by atomic mass is 10.1. The number of amides is 3. The van der Waals surface area contributed by atoms with E-state index in [0.717, 1.165) is 6.42 Å². The standard InChI is InChI=1S/C12H23N3O3/c1-4-5-9(14-11(13)17)10(16)15-6-7-18-12(2,3)8-15/h9H,4-8H2,1-3H3,(H3,13,14,17)/t9-/m1/s1. The maximum absolute atomic E-state index is 12.3. The van der Waals surface area contributed by atoms with Crippen LogP contribution in [0.4, 0.5) is 4.79 Å². The normalized spacial score (nSPS) is 20.3. The molecule has 1 aliphatic rings. The Labute approximate surface area is 108 Å². The Hall–Kier alpha value is -1.30. The number of primary amides is 1. The number of carbonyl (C=O) groups excluding carboxylic acids is 2. The number of rotatable bonds is 4. The molecule has 0 spiro atoms. The van der Waals surface area contributed by atoms with E-state index in [0.29, 0.717) is 26.1 Å². The maximum Gasteiger partial charge on any atom is 0.312 e. The third-order valence-electron chi connectivity index (χ3n) is 2.93. The van der Waals surface area contributed by atoms with E-state index in [1.165, 1.54) is 0 Å². The highest BCUT2D eigenvalue weighted by Gasteiger charge is 2.33. The number of hydrogen-bond acceptors (Lipinski definition) is 3. The Morgan fingerprint density at radius 2 is 2.17 bits per heavy atom. The molecule has 0 aromatic heterocycles. The minimum Gasteiger partial charge on any atom is -0.372 e. The number of ether oxygens (including phenoxy) is 1. The van der Waals surface area contributed by atoms with Crippen molar-refractivity contribution in [1.29, 1.82) is 0 Å². The largest absolute Gasteiger partial charge is 0.372 e. The first-order valence-corrected chi connectivity index (χ1v) is 6.34. The lowest BCUT2D eigenvalue weighted by Crippen LogP contribution is -2.56. The fourth-order valence-corrected chi connectivity index (χ4v) is 2.14. The van der Waals surface area contributed by atoms with Crippen molar-refractivity contribution in [2.45, 2.75) is 45.3 Å².